The molecule has 3 rings (SSSR count). The molecule has 0 saturated heterocycles. The molecular weight excluding hydrogens is 298 g/mol. The Labute approximate surface area is 132 Å². The second kappa shape index (κ2) is 6.16. The lowest BCUT2D eigenvalue weighted by Crippen LogP contribution is -2.08. The number of anilines is 2. The summed E-state index contributed by atoms with van der Waals surface area (Å²) in [6.07, 6.45) is -0.875. The van der Waals surface area contributed by atoms with E-state index in [9.17, 15) is 8.78 Å². The molecule has 1 heterocycles. The van der Waals surface area contributed by atoms with Crippen molar-refractivity contribution in [3.8, 4) is 0 Å². The predicted molar refractivity (Wildman–Crippen MR) is 87.4 cm³/mol. The van der Waals surface area contributed by atoms with Crippen LogP contribution in [-0.2, 0) is 0 Å². The van der Waals surface area contributed by atoms with E-state index in [2.05, 4.69) is 15.5 Å². The van der Waals surface area contributed by atoms with Gasteiger partial charge in [-0.3, -0.25) is 0 Å². The minimum Gasteiger partial charge on any atom is -0.399 e. The number of nitrogens with one attached hydrogen (secondary N) is 1. The van der Waals surface area contributed by atoms with E-state index in [1.165, 1.54) is 12.1 Å². The number of nitrogens with zero attached hydrogens (tertiary/aromatic N) is 2. The summed E-state index contributed by atoms with van der Waals surface area (Å²) >= 11 is 0. The first-order chi connectivity index (χ1) is 11.0. The minimum absolute atomic E-state index is 0.0121. The van der Waals surface area contributed by atoms with Crippen LogP contribution in [0.4, 0.5) is 20.2 Å². The number of fused-ring (bicyclic) bond motifs is 1. The van der Waals surface area contributed by atoms with Crippen LogP contribution in [0.2, 0.25) is 0 Å². The Morgan fingerprint density at radius 2 is 1.87 bits per heavy atom. The van der Waals surface area contributed by atoms with E-state index < -0.39 is 6.43 Å². The number of alkyl halides is 2. The van der Waals surface area contributed by atoms with E-state index >= 15 is 0 Å². The maximum atomic E-state index is 12.8. The van der Waals surface area contributed by atoms with Gasteiger partial charge in [-0.1, -0.05) is 18.2 Å². The van der Waals surface area contributed by atoms with Gasteiger partial charge in [-0.2, -0.15) is 10.2 Å². The molecule has 0 saturated carbocycles. The summed E-state index contributed by atoms with van der Waals surface area (Å²) in [7, 11) is 0. The summed E-state index contributed by atoms with van der Waals surface area (Å²) in [5.74, 6) is 0. The second-order valence-corrected chi connectivity index (χ2v) is 5.37. The van der Waals surface area contributed by atoms with Crippen LogP contribution >= 0.6 is 0 Å². The molecule has 0 fully saturated rings. The molecule has 0 spiro atoms. The summed E-state index contributed by atoms with van der Waals surface area (Å²) in [6.45, 7) is 1.91. The average Bonchev–Trinajstić information content (AvgIpc) is 2.55. The first-order valence-electron chi connectivity index (χ1n) is 7.20. The molecule has 0 radical (unpaired) electrons. The lowest BCUT2D eigenvalue weighted by atomic mass is 10.0. The monoisotopic (exact) mass is 314 g/mol. The average molecular weight is 314 g/mol. The lowest BCUT2D eigenvalue weighted by Gasteiger charge is -2.17. The molecule has 0 aliphatic heterocycles. The number of hydrogen-bond acceptors (Lipinski definition) is 4. The van der Waals surface area contributed by atoms with Crippen LogP contribution in [0, 0.1) is 0 Å². The predicted octanol–water partition coefficient (Wildman–Crippen LogP) is 4.32. The van der Waals surface area contributed by atoms with Crippen molar-refractivity contribution >= 4 is 22.3 Å². The van der Waals surface area contributed by atoms with Crippen LogP contribution < -0.4 is 11.1 Å². The molecule has 0 unspecified atom stereocenters. The summed E-state index contributed by atoms with van der Waals surface area (Å²) in [5, 5.41) is 12.2. The largest absolute Gasteiger partial charge is 0.399 e. The zero-order valence-electron chi connectivity index (χ0n) is 12.5. The number of halogens is 2. The fourth-order valence-corrected chi connectivity index (χ4v) is 2.47. The van der Waals surface area contributed by atoms with E-state index in [0.717, 1.165) is 22.2 Å². The number of nitrogens with two attached hydrogens (primary N) is 1. The second-order valence-electron chi connectivity index (χ2n) is 5.37. The Kier molecular flexibility index (Phi) is 4.06. The van der Waals surface area contributed by atoms with Crippen LogP contribution in [0.1, 0.15) is 30.5 Å². The molecule has 1 aromatic heterocycles. The molecule has 3 N–H and O–H groups in total. The minimum atomic E-state index is -2.48. The quantitative estimate of drug-likeness (QED) is 0.704. The van der Waals surface area contributed by atoms with E-state index in [1.54, 1.807) is 24.4 Å². The third-order valence-corrected chi connectivity index (χ3v) is 3.70. The topological polar surface area (TPSA) is 63.8 Å². The smallest absolute Gasteiger partial charge is 0.263 e. The molecule has 1 atom stereocenters. The third kappa shape index (κ3) is 3.21. The molecule has 0 aliphatic rings. The fourth-order valence-electron chi connectivity index (χ4n) is 2.47. The number of rotatable bonds is 4. The normalized spacial score (nSPS) is 12.5. The van der Waals surface area contributed by atoms with Gasteiger partial charge in [0.15, 0.2) is 0 Å². The van der Waals surface area contributed by atoms with Gasteiger partial charge in [0.05, 0.1) is 17.4 Å². The van der Waals surface area contributed by atoms with Crippen LogP contribution in [0.3, 0.4) is 0 Å². The van der Waals surface area contributed by atoms with Crippen molar-refractivity contribution in [2.24, 2.45) is 0 Å². The molecule has 0 amide bonds. The zero-order valence-corrected chi connectivity index (χ0v) is 12.5. The first kappa shape index (κ1) is 15.1. The van der Waals surface area contributed by atoms with Gasteiger partial charge in [0, 0.05) is 22.7 Å². The molecule has 118 valence electrons. The van der Waals surface area contributed by atoms with E-state index in [1.807, 2.05) is 19.1 Å². The van der Waals surface area contributed by atoms with Crippen molar-refractivity contribution in [2.45, 2.75) is 19.4 Å². The molecular formula is C17H16F2N4. The van der Waals surface area contributed by atoms with Crippen molar-refractivity contribution in [1.29, 1.82) is 0 Å². The number of nitrogen functional groups attached to an aromatic ring is 1. The van der Waals surface area contributed by atoms with E-state index in [4.69, 9.17) is 5.73 Å². The van der Waals surface area contributed by atoms with Gasteiger partial charge in [-0.05, 0) is 36.8 Å². The highest BCUT2D eigenvalue weighted by Gasteiger charge is 2.12. The van der Waals surface area contributed by atoms with Gasteiger partial charge in [0.1, 0.15) is 0 Å². The Bertz CT molecular complexity index is 836. The molecule has 3 aromatic rings. The summed E-state index contributed by atoms with van der Waals surface area (Å²) < 4.78 is 25.7. The van der Waals surface area contributed by atoms with Gasteiger partial charge in [-0.25, -0.2) is 8.78 Å². The molecule has 23 heavy (non-hydrogen) atoms. The molecule has 0 bridgehead atoms. The van der Waals surface area contributed by atoms with Crippen LogP contribution in [-0.4, -0.2) is 10.2 Å². The molecule has 4 nitrogen and oxygen atoms in total. The van der Waals surface area contributed by atoms with E-state index in [0.29, 0.717) is 5.69 Å². The Morgan fingerprint density at radius 3 is 2.65 bits per heavy atom. The highest BCUT2D eigenvalue weighted by molar-refractivity contribution is 5.92. The summed E-state index contributed by atoms with van der Waals surface area (Å²) in [6, 6.07) is 11.6. The maximum Gasteiger partial charge on any atom is 0.263 e. The summed E-state index contributed by atoms with van der Waals surface area (Å²) in [5.41, 5.74) is 8.72. The lowest BCUT2D eigenvalue weighted by molar-refractivity contribution is 0.151. The van der Waals surface area contributed by atoms with Gasteiger partial charge in [-0.15, -0.1) is 0 Å². The molecule has 6 heteroatoms. The zero-order chi connectivity index (χ0) is 16.4. The van der Waals surface area contributed by atoms with Gasteiger partial charge < -0.3 is 11.1 Å². The third-order valence-electron chi connectivity index (χ3n) is 3.70. The summed E-state index contributed by atoms with van der Waals surface area (Å²) in [4.78, 5) is 0. The number of hydrogen-bond donors (Lipinski definition) is 2. The number of aromatic nitrogens is 2. The van der Waals surface area contributed by atoms with Gasteiger partial charge >= 0.3 is 0 Å². The van der Waals surface area contributed by atoms with Crippen LogP contribution in [0.5, 0.6) is 0 Å². The van der Waals surface area contributed by atoms with Crippen molar-refractivity contribution < 1.29 is 8.78 Å². The van der Waals surface area contributed by atoms with Crippen molar-refractivity contribution in [3.63, 3.8) is 0 Å². The van der Waals surface area contributed by atoms with Gasteiger partial charge in [0.2, 0.25) is 0 Å². The van der Waals surface area contributed by atoms with Crippen molar-refractivity contribution in [1.82, 2.24) is 10.2 Å². The Balaban J connectivity index is 1.92. The highest BCUT2D eigenvalue weighted by atomic mass is 19.3. The first-order valence-corrected chi connectivity index (χ1v) is 7.20. The SMILES string of the molecule is C[C@@H](Nc1cnnc2ccc(N)cc12)c1cccc(C(F)F)c1. The highest BCUT2D eigenvalue weighted by Crippen LogP contribution is 2.28. The molecule has 2 aromatic carbocycles. The van der Waals surface area contributed by atoms with Crippen LogP contribution in [0.25, 0.3) is 10.9 Å². The fraction of sp³-hybridized carbons (Fsp3) is 0.176. The van der Waals surface area contributed by atoms with Crippen molar-refractivity contribution in [2.75, 3.05) is 11.1 Å². The van der Waals surface area contributed by atoms with E-state index in [-0.39, 0.29) is 11.6 Å². The number of benzene rings is 2. The van der Waals surface area contributed by atoms with Gasteiger partial charge in [0.25, 0.3) is 6.43 Å². The van der Waals surface area contributed by atoms with Crippen LogP contribution in [0.15, 0.2) is 48.7 Å². The maximum absolute atomic E-state index is 12.8. The van der Waals surface area contributed by atoms with Crippen molar-refractivity contribution in [3.05, 3.63) is 59.8 Å². The standard InChI is InChI=1S/C17H16F2N4/c1-10(11-3-2-4-12(7-11)17(18)19)22-16-9-21-23-15-6-5-13(20)8-14(15)16/h2-10,17H,20H2,1H3,(H,22,23)/t10-/m1/s1. The Hall–Kier alpha value is -2.76. The molecule has 0 aliphatic carbocycles. The Morgan fingerprint density at radius 1 is 1.09 bits per heavy atom.